The molecule has 0 saturated heterocycles. The van der Waals surface area contributed by atoms with Crippen molar-refractivity contribution in [3.63, 3.8) is 0 Å². The summed E-state index contributed by atoms with van der Waals surface area (Å²) >= 11 is 0. The summed E-state index contributed by atoms with van der Waals surface area (Å²) in [6.45, 7) is 3.95. The Morgan fingerprint density at radius 1 is 0.700 bits per heavy atom. The smallest absolute Gasteiger partial charge is 0.262 e. The van der Waals surface area contributed by atoms with E-state index in [1.54, 1.807) is 0 Å². The van der Waals surface area contributed by atoms with Crippen molar-refractivity contribution in [1.82, 2.24) is 4.98 Å². The predicted molar refractivity (Wildman–Crippen MR) is 129 cm³/mol. The van der Waals surface area contributed by atoms with Crippen molar-refractivity contribution in [3.8, 4) is 0 Å². The van der Waals surface area contributed by atoms with Crippen LogP contribution >= 0.6 is 24.8 Å². The molecule has 5 aromatic rings. The largest absolute Gasteiger partial charge is 2.00 e. The van der Waals surface area contributed by atoms with Gasteiger partial charge in [0.15, 0.2) is 0 Å². The number of halogens is 2. The number of rotatable bonds is 2. The molecule has 0 fully saturated rings. The van der Waals surface area contributed by atoms with Gasteiger partial charge in [-0.2, -0.15) is 24.6 Å². The number of aromatic nitrogens is 1. The van der Waals surface area contributed by atoms with E-state index < -0.39 is 0 Å². The molecule has 0 spiro atoms. The Kier molecular flexibility index (Phi) is 10.6. The molecule has 0 atom stereocenters. The van der Waals surface area contributed by atoms with E-state index in [0.717, 1.165) is 17.7 Å². The quantitative estimate of drug-likeness (QED) is 0.244. The average molecular weight is 472 g/mol. The topological polar surface area (TPSA) is 12.9 Å². The summed E-state index contributed by atoms with van der Waals surface area (Å²) in [6, 6.07) is 33.4. The molecule has 0 radical (unpaired) electrons. The number of hydrogen-bond donors (Lipinski definition) is 0. The predicted octanol–water partition coefficient (Wildman–Crippen LogP) is 7.41. The molecule has 0 bridgehead atoms. The number of hydrogen-bond acceptors (Lipinski definition) is 1. The molecule has 30 heavy (non-hydrogen) atoms. The normalized spacial score (nSPS) is 9.47. The molecule has 4 aromatic carbocycles. The molecule has 1 aromatic heterocycles. The van der Waals surface area contributed by atoms with Crippen LogP contribution in [0.15, 0.2) is 103 Å². The van der Waals surface area contributed by atoms with Crippen LogP contribution in [0.2, 0.25) is 0 Å². The molecule has 1 heterocycles. The average Bonchev–Trinajstić information content (AvgIpc) is 3.13. The third-order valence-corrected chi connectivity index (χ3v) is 4.75. The summed E-state index contributed by atoms with van der Waals surface area (Å²) in [5.41, 5.74) is 3.58. The molecule has 0 aliphatic heterocycles. The van der Waals surface area contributed by atoms with E-state index in [-0.39, 0.29) is 42.2 Å². The maximum Gasteiger partial charge on any atom is 2.00 e. The van der Waals surface area contributed by atoms with Gasteiger partial charge >= 0.3 is 17.4 Å². The van der Waals surface area contributed by atoms with Crippen LogP contribution in [-0.4, -0.2) is 4.98 Å². The van der Waals surface area contributed by atoms with Crippen molar-refractivity contribution in [2.24, 2.45) is 0 Å². The first-order valence-electron chi connectivity index (χ1n) is 9.14. The van der Waals surface area contributed by atoms with Gasteiger partial charge in [-0.15, -0.1) is 82.9 Å². The van der Waals surface area contributed by atoms with E-state index in [4.69, 9.17) is 0 Å². The Morgan fingerprint density at radius 2 is 1.37 bits per heavy atom. The molecule has 5 rings (SSSR count). The summed E-state index contributed by atoms with van der Waals surface area (Å²) < 4.78 is 0. The summed E-state index contributed by atoms with van der Waals surface area (Å²) in [5, 5.41) is 5.16. The second-order valence-electron chi connectivity index (χ2n) is 6.58. The van der Waals surface area contributed by atoms with E-state index in [0.29, 0.717) is 0 Å². The molecular weight excluding hydrogens is 449 g/mol. The molecule has 0 aliphatic carbocycles. The van der Waals surface area contributed by atoms with Crippen molar-refractivity contribution >= 4 is 46.4 Å². The molecule has 0 unspecified atom stereocenters. The standard InChI is InChI=1S/C15H12N.C11H9.2ClH.Cr/c1-2-7-15-12(5-1)8-9-13(15)11-14-6-3-4-10-16-14;1-9-5-4-7-10-6-2-3-8-11(9)10;;;/h1-10H,11H2;2-8H,1H2;2*1H;/q2*-1;;;+2. The van der Waals surface area contributed by atoms with Crippen molar-refractivity contribution in [2.45, 2.75) is 6.42 Å². The Hall–Kier alpha value is -2.34. The van der Waals surface area contributed by atoms with Gasteiger partial charge in [-0.05, 0) is 18.6 Å². The second kappa shape index (κ2) is 12.4. The van der Waals surface area contributed by atoms with Crippen LogP contribution in [-0.2, 0) is 23.8 Å². The zero-order valence-electron chi connectivity index (χ0n) is 16.4. The summed E-state index contributed by atoms with van der Waals surface area (Å²) in [6.07, 6.45) is 2.76. The first-order chi connectivity index (χ1) is 13.3. The Bertz CT molecular complexity index is 1160. The van der Waals surface area contributed by atoms with Crippen molar-refractivity contribution in [2.75, 3.05) is 0 Å². The fraction of sp³-hybridized carbons (Fsp3) is 0.0385. The third-order valence-electron chi connectivity index (χ3n) is 4.75. The van der Waals surface area contributed by atoms with Crippen LogP contribution in [0.3, 0.4) is 0 Å². The summed E-state index contributed by atoms with van der Waals surface area (Å²) in [7, 11) is 0. The SMILES string of the molecule is Cl.Cl.[CH2-]c1cccc2ccccc12.[Cr+2].c1ccc(C[c-]2ccc3ccccc32)nc1. The number of fused-ring (bicyclic) bond motifs is 2. The van der Waals surface area contributed by atoms with Crippen LogP contribution < -0.4 is 0 Å². The number of nitrogens with zero attached hydrogens (tertiary/aromatic N) is 1. The van der Waals surface area contributed by atoms with Gasteiger partial charge in [-0.3, -0.25) is 4.98 Å². The van der Waals surface area contributed by atoms with Crippen molar-refractivity contribution in [3.05, 3.63) is 127 Å². The van der Waals surface area contributed by atoms with Gasteiger partial charge in [0.05, 0.1) is 0 Å². The molecule has 4 heteroatoms. The maximum absolute atomic E-state index is 4.36. The first kappa shape index (κ1) is 25.7. The molecular formula is C26H23Cl2CrN. The minimum absolute atomic E-state index is 0. The van der Waals surface area contributed by atoms with Crippen molar-refractivity contribution < 1.29 is 17.4 Å². The number of pyridine rings is 1. The Labute approximate surface area is 201 Å². The number of benzene rings is 3. The van der Waals surface area contributed by atoms with Crippen LogP contribution in [0.5, 0.6) is 0 Å². The fourth-order valence-corrected chi connectivity index (χ4v) is 3.36. The summed E-state index contributed by atoms with van der Waals surface area (Å²) in [4.78, 5) is 4.36. The third kappa shape index (κ3) is 6.08. The van der Waals surface area contributed by atoms with Gasteiger partial charge < -0.3 is 0 Å². The molecule has 0 N–H and O–H groups in total. The molecule has 0 aliphatic rings. The van der Waals surface area contributed by atoms with E-state index in [1.807, 2.05) is 42.6 Å². The fourth-order valence-electron chi connectivity index (χ4n) is 3.36. The minimum atomic E-state index is 0. The van der Waals surface area contributed by atoms with E-state index in [2.05, 4.69) is 72.6 Å². The monoisotopic (exact) mass is 471 g/mol. The van der Waals surface area contributed by atoms with Crippen molar-refractivity contribution in [1.29, 1.82) is 0 Å². The first-order valence-corrected chi connectivity index (χ1v) is 9.14. The van der Waals surface area contributed by atoms with Gasteiger partial charge in [0, 0.05) is 11.9 Å². The maximum atomic E-state index is 4.36. The van der Waals surface area contributed by atoms with E-state index in [1.165, 1.54) is 27.1 Å². The van der Waals surface area contributed by atoms with E-state index >= 15 is 0 Å². The molecule has 1 nitrogen and oxygen atoms in total. The van der Waals surface area contributed by atoms with Gasteiger partial charge in [0.2, 0.25) is 0 Å². The van der Waals surface area contributed by atoms with Gasteiger partial charge in [-0.25, -0.2) is 0 Å². The van der Waals surface area contributed by atoms with E-state index in [9.17, 15) is 0 Å². The van der Waals surface area contributed by atoms with Gasteiger partial charge in [-0.1, -0.05) is 41.8 Å². The summed E-state index contributed by atoms with van der Waals surface area (Å²) in [5.74, 6) is 0. The van der Waals surface area contributed by atoms with Crippen LogP contribution in [0.4, 0.5) is 0 Å². The van der Waals surface area contributed by atoms with Gasteiger partial charge in [0.1, 0.15) is 0 Å². The zero-order valence-corrected chi connectivity index (χ0v) is 19.3. The van der Waals surface area contributed by atoms with Crippen LogP contribution in [0.25, 0.3) is 21.5 Å². The molecule has 152 valence electrons. The molecule has 0 saturated carbocycles. The second-order valence-corrected chi connectivity index (χ2v) is 6.58. The van der Waals surface area contributed by atoms with Gasteiger partial charge in [0.25, 0.3) is 0 Å². The Balaban J connectivity index is 0.000000288. The zero-order chi connectivity index (χ0) is 18.5. The minimum Gasteiger partial charge on any atom is -0.262 e. The van der Waals surface area contributed by atoms with Crippen LogP contribution in [0.1, 0.15) is 16.8 Å². The van der Waals surface area contributed by atoms with Crippen LogP contribution in [0, 0.1) is 6.92 Å². The molecule has 0 amide bonds. The Morgan fingerprint density at radius 3 is 2.10 bits per heavy atom.